The van der Waals surface area contributed by atoms with Crippen LogP contribution in [0.15, 0.2) is 24.3 Å². The third-order valence-electron chi connectivity index (χ3n) is 4.90. The number of rotatable bonds is 3. The summed E-state index contributed by atoms with van der Waals surface area (Å²) in [6, 6.07) is 7.22. The van der Waals surface area contributed by atoms with Crippen molar-refractivity contribution in [2.75, 3.05) is 33.3 Å². The van der Waals surface area contributed by atoms with Crippen molar-refractivity contribution in [3.63, 3.8) is 0 Å². The minimum Gasteiger partial charge on any atom is -0.497 e. The second-order valence-corrected chi connectivity index (χ2v) is 6.33. The van der Waals surface area contributed by atoms with Gasteiger partial charge in [0.25, 0.3) is 5.91 Å². The number of carbonyl (C=O) groups is 2. The molecule has 0 spiro atoms. The maximum Gasteiger partial charge on any atom is 0.254 e. The van der Waals surface area contributed by atoms with Crippen molar-refractivity contribution < 1.29 is 14.3 Å². The zero-order valence-electron chi connectivity index (χ0n) is 13.7. The SMILES string of the molecule is COc1cccc(C(=O)N2CCN(C(=O)C3CCCC3)CC2)c1. The quantitative estimate of drug-likeness (QED) is 0.859. The standard InChI is InChI=1S/C18H24N2O3/c1-23-16-8-4-7-15(13-16)18(22)20-11-9-19(10-12-20)17(21)14-5-2-3-6-14/h4,7-8,13-14H,2-3,5-6,9-12H2,1H3. The Labute approximate surface area is 137 Å². The fourth-order valence-corrected chi connectivity index (χ4v) is 3.50. The van der Waals surface area contributed by atoms with Crippen LogP contribution in [-0.2, 0) is 4.79 Å². The van der Waals surface area contributed by atoms with Crippen LogP contribution in [0.5, 0.6) is 5.75 Å². The molecule has 124 valence electrons. The van der Waals surface area contributed by atoms with Crippen molar-refractivity contribution in [2.24, 2.45) is 5.92 Å². The molecule has 0 atom stereocenters. The largest absolute Gasteiger partial charge is 0.497 e. The third kappa shape index (κ3) is 3.49. The van der Waals surface area contributed by atoms with Gasteiger partial charge in [0.15, 0.2) is 0 Å². The summed E-state index contributed by atoms with van der Waals surface area (Å²) in [7, 11) is 1.59. The highest BCUT2D eigenvalue weighted by atomic mass is 16.5. The molecule has 3 rings (SSSR count). The van der Waals surface area contributed by atoms with Crippen molar-refractivity contribution in [3.8, 4) is 5.75 Å². The van der Waals surface area contributed by atoms with E-state index in [-0.39, 0.29) is 17.7 Å². The Bertz CT molecular complexity index is 573. The molecule has 23 heavy (non-hydrogen) atoms. The molecule has 2 fully saturated rings. The second kappa shape index (κ2) is 7.02. The van der Waals surface area contributed by atoms with Crippen molar-refractivity contribution in [1.29, 1.82) is 0 Å². The van der Waals surface area contributed by atoms with E-state index in [2.05, 4.69) is 0 Å². The topological polar surface area (TPSA) is 49.9 Å². The molecule has 1 aliphatic heterocycles. The van der Waals surface area contributed by atoms with E-state index in [1.807, 2.05) is 21.9 Å². The van der Waals surface area contributed by atoms with Gasteiger partial charge in [0.05, 0.1) is 7.11 Å². The van der Waals surface area contributed by atoms with Crippen molar-refractivity contribution in [3.05, 3.63) is 29.8 Å². The minimum atomic E-state index is 0.0110. The molecule has 0 unspecified atom stereocenters. The first-order valence-corrected chi connectivity index (χ1v) is 8.41. The number of carbonyl (C=O) groups excluding carboxylic acids is 2. The first kappa shape index (κ1) is 15.8. The van der Waals surface area contributed by atoms with Gasteiger partial charge in [0.2, 0.25) is 5.91 Å². The van der Waals surface area contributed by atoms with Crippen LogP contribution >= 0.6 is 0 Å². The van der Waals surface area contributed by atoms with Crippen LogP contribution in [0, 0.1) is 5.92 Å². The molecule has 0 N–H and O–H groups in total. The first-order chi connectivity index (χ1) is 11.2. The van der Waals surface area contributed by atoms with Crippen LogP contribution in [-0.4, -0.2) is 54.9 Å². The highest BCUT2D eigenvalue weighted by molar-refractivity contribution is 5.94. The second-order valence-electron chi connectivity index (χ2n) is 6.33. The van der Waals surface area contributed by atoms with Gasteiger partial charge in [-0.05, 0) is 31.0 Å². The Hall–Kier alpha value is -2.04. The van der Waals surface area contributed by atoms with E-state index in [0.717, 1.165) is 12.8 Å². The van der Waals surface area contributed by atoms with Crippen LogP contribution < -0.4 is 4.74 Å². The van der Waals surface area contributed by atoms with Gasteiger partial charge in [-0.1, -0.05) is 18.9 Å². The van der Waals surface area contributed by atoms with E-state index in [1.165, 1.54) is 12.8 Å². The Morgan fingerprint density at radius 3 is 2.35 bits per heavy atom. The summed E-state index contributed by atoms with van der Waals surface area (Å²) in [5.41, 5.74) is 0.639. The Morgan fingerprint density at radius 2 is 1.70 bits per heavy atom. The zero-order chi connectivity index (χ0) is 16.2. The molecule has 0 aromatic heterocycles. The number of benzene rings is 1. The highest BCUT2D eigenvalue weighted by Crippen LogP contribution is 2.27. The Kier molecular flexibility index (Phi) is 4.84. The van der Waals surface area contributed by atoms with Crippen molar-refractivity contribution in [1.82, 2.24) is 9.80 Å². The number of hydrogen-bond acceptors (Lipinski definition) is 3. The van der Waals surface area contributed by atoms with Crippen LogP contribution in [0.3, 0.4) is 0 Å². The van der Waals surface area contributed by atoms with E-state index in [4.69, 9.17) is 4.74 Å². The summed E-state index contributed by atoms with van der Waals surface area (Å²) in [5, 5.41) is 0. The lowest BCUT2D eigenvalue weighted by Crippen LogP contribution is -2.51. The summed E-state index contributed by atoms with van der Waals surface area (Å²) in [6.07, 6.45) is 4.40. The van der Waals surface area contributed by atoms with Gasteiger partial charge in [-0.3, -0.25) is 9.59 Å². The van der Waals surface area contributed by atoms with E-state index in [9.17, 15) is 9.59 Å². The number of nitrogens with zero attached hydrogens (tertiary/aromatic N) is 2. The van der Waals surface area contributed by atoms with E-state index >= 15 is 0 Å². The molecule has 1 saturated carbocycles. The summed E-state index contributed by atoms with van der Waals surface area (Å²) < 4.78 is 5.17. The smallest absolute Gasteiger partial charge is 0.254 e. The summed E-state index contributed by atoms with van der Waals surface area (Å²) in [4.78, 5) is 28.8. The molecule has 1 aromatic carbocycles. The number of amides is 2. The van der Waals surface area contributed by atoms with Crippen LogP contribution in [0.1, 0.15) is 36.0 Å². The number of piperazine rings is 1. The normalized spacial score (nSPS) is 19.0. The fraction of sp³-hybridized carbons (Fsp3) is 0.556. The van der Waals surface area contributed by atoms with Gasteiger partial charge in [-0.2, -0.15) is 0 Å². The van der Waals surface area contributed by atoms with Crippen molar-refractivity contribution in [2.45, 2.75) is 25.7 Å². The molecule has 2 aliphatic rings. The lowest BCUT2D eigenvalue weighted by atomic mass is 10.1. The minimum absolute atomic E-state index is 0.0110. The third-order valence-corrected chi connectivity index (χ3v) is 4.90. The molecule has 0 radical (unpaired) electrons. The highest BCUT2D eigenvalue weighted by Gasteiger charge is 2.30. The molecule has 1 saturated heterocycles. The summed E-state index contributed by atoms with van der Waals surface area (Å²) in [5.74, 6) is 1.20. The first-order valence-electron chi connectivity index (χ1n) is 8.41. The average molecular weight is 316 g/mol. The molecule has 1 aliphatic carbocycles. The van der Waals surface area contributed by atoms with Crippen LogP contribution in [0.4, 0.5) is 0 Å². The van der Waals surface area contributed by atoms with Crippen LogP contribution in [0.2, 0.25) is 0 Å². The Morgan fingerprint density at radius 1 is 1.04 bits per heavy atom. The van der Waals surface area contributed by atoms with Gasteiger partial charge in [0, 0.05) is 37.7 Å². The van der Waals surface area contributed by atoms with E-state index < -0.39 is 0 Å². The maximum absolute atomic E-state index is 12.6. The van der Waals surface area contributed by atoms with Crippen LogP contribution in [0.25, 0.3) is 0 Å². The lowest BCUT2D eigenvalue weighted by molar-refractivity contribution is -0.136. The van der Waals surface area contributed by atoms with E-state index in [0.29, 0.717) is 37.5 Å². The Balaban J connectivity index is 1.57. The van der Waals surface area contributed by atoms with Crippen molar-refractivity contribution >= 4 is 11.8 Å². The molecular weight excluding hydrogens is 292 g/mol. The van der Waals surface area contributed by atoms with Gasteiger partial charge >= 0.3 is 0 Å². The molecule has 1 aromatic rings. The zero-order valence-corrected chi connectivity index (χ0v) is 13.7. The molecule has 5 heteroatoms. The molecular formula is C18H24N2O3. The summed E-state index contributed by atoms with van der Waals surface area (Å²) in [6.45, 7) is 2.50. The predicted molar refractivity (Wildman–Crippen MR) is 87.4 cm³/mol. The monoisotopic (exact) mass is 316 g/mol. The number of ether oxygens (including phenoxy) is 1. The molecule has 2 amide bonds. The van der Waals surface area contributed by atoms with Gasteiger partial charge in [-0.25, -0.2) is 0 Å². The number of methoxy groups -OCH3 is 1. The maximum atomic E-state index is 12.6. The average Bonchev–Trinajstić information content (AvgIpc) is 3.15. The van der Waals surface area contributed by atoms with Gasteiger partial charge in [-0.15, -0.1) is 0 Å². The molecule has 0 bridgehead atoms. The number of hydrogen-bond donors (Lipinski definition) is 0. The predicted octanol–water partition coefficient (Wildman–Crippen LogP) is 2.17. The van der Waals surface area contributed by atoms with E-state index in [1.54, 1.807) is 19.2 Å². The van der Waals surface area contributed by atoms with Gasteiger partial charge in [0.1, 0.15) is 5.75 Å². The molecule has 5 nitrogen and oxygen atoms in total. The van der Waals surface area contributed by atoms with Gasteiger partial charge < -0.3 is 14.5 Å². The lowest BCUT2D eigenvalue weighted by Gasteiger charge is -2.36. The summed E-state index contributed by atoms with van der Waals surface area (Å²) >= 11 is 0. The molecule has 1 heterocycles. The fourth-order valence-electron chi connectivity index (χ4n) is 3.50.